The van der Waals surface area contributed by atoms with Gasteiger partial charge in [-0.25, -0.2) is 17.6 Å². The lowest BCUT2D eigenvalue weighted by molar-refractivity contribution is 0.107. The Hall–Kier alpha value is -3.77. The molecule has 0 bridgehead atoms. The lowest BCUT2D eigenvalue weighted by Crippen LogP contribution is -2.52. The molecule has 3 aliphatic rings. The number of alkyl halides is 2. The Bertz CT molecular complexity index is 1740. The van der Waals surface area contributed by atoms with Gasteiger partial charge >= 0.3 is 6.01 Å². The number of hydrogen-bond donors (Lipinski definition) is 2. The molecule has 2 aromatic heterocycles. The standard InChI is InChI=1S/C32H34F4N6O2/c1-2-22-25(35)5-4-18-10-21(43)11-23(26(18)22)28-27(36)29-24(14-38-28)30(41-9-7-37-20(13-33)16-41)40-31(39-29)44-17-32-6-3-8-42(32)15-19(34)12-32/h4-5,10-11,14,19-20,37,43H,2-3,6-9,12-13,15-17H2,1H3/t19-,20?,32+/m1/s1. The number of phenols is 1. The summed E-state index contributed by atoms with van der Waals surface area (Å²) in [4.78, 5) is 17.6. The molecule has 0 amide bonds. The molecular weight excluding hydrogens is 576 g/mol. The fourth-order valence-electron chi connectivity index (χ4n) is 7.32. The van der Waals surface area contributed by atoms with Gasteiger partial charge in [0.25, 0.3) is 0 Å². The molecule has 3 aliphatic heterocycles. The van der Waals surface area contributed by atoms with Crippen LogP contribution in [-0.2, 0) is 6.42 Å². The van der Waals surface area contributed by atoms with E-state index in [-0.39, 0.29) is 35.1 Å². The van der Waals surface area contributed by atoms with Crippen LogP contribution in [0.25, 0.3) is 32.9 Å². The summed E-state index contributed by atoms with van der Waals surface area (Å²) in [6.45, 7) is 3.82. The lowest BCUT2D eigenvalue weighted by atomic mass is 9.94. The van der Waals surface area contributed by atoms with Gasteiger partial charge in [0.2, 0.25) is 0 Å². The van der Waals surface area contributed by atoms with Crippen LogP contribution in [0.15, 0.2) is 30.5 Å². The highest BCUT2D eigenvalue weighted by atomic mass is 19.1. The molecule has 3 fully saturated rings. The first-order valence-corrected chi connectivity index (χ1v) is 15.2. The number of nitrogens with one attached hydrogen (secondary N) is 1. The predicted octanol–water partition coefficient (Wildman–Crippen LogP) is 5.09. The Morgan fingerprint density at radius 2 is 2.02 bits per heavy atom. The maximum absolute atomic E-state index is 16.7. The molecule has 2 N–H and O–H groups in total. The minimum absolute atomic E-state index is 0.0631. The molecule has 4 aromatic rings. The smallest absolute Gasteiger partial charge is 0.319 e. The summed E-state index contributed by atoms with van der Waals surface area (Å²) in [7, 11) is 0. The van der Waals surface area contributed by atoms with Gasteiger partial charge < -0.3 is 20.1 Å². The summed E-state index contributed by atoms with van der Waals surface area (Å²) in [5, 5.41) is 15.0. The summed E-state index contributed by atoms with van der Waals surface area (Å²) >= 11 is 0. The lowest BCUT2D eigenvalue weighted by Gasteiger charge is -2.34. The first-order valence-electron chi connectivity index (χ1n) is 15.2. The number of anilines is 1. The number of rotatable bonds is 7. The molecule has 5 heterocycles. The third-order valence-corrected chi connectivity index (χ3v) is 9.38. The largest absolute Gasteiger partial charge is 0.508 e. The average molecular weight is 611 g/mol. The number of hydrogen-bond acceptors (Lipinski definition) is 8. The third-order valence-electron chi connectivity index (χ3n) is 9.38. The Morgan fingerprint density at radius 3 is 2.84 bits per heavy atom. The van der Waals surface area contributed by atoms with Gasteiger partial charge in [-0.2, -0.15) is 9.97 Å². The average Bonchev–Trinajstić information content (AvgIpc) is 3.55. The van der Waals surface area contributed by atoms with Crippen molar-refractivity contribution < 1.29 is 27.4 Å². The topological polar surface area (TPSA) is 86.6 Å². The van der Waals surface area contributed by atoms with Gasteiger partial charge in [-0.15, -0.1) is 0 Å². The molecule has 0 saturated carbocycles. The normalized spacial score (nSPS) is 24.0. The predicted molar refractivity (Wildman–Crippen MR) is 160 cm³/mol. The molecule has 0 aliphatic carbocycles. The zero-order valence-electron chi connectivity index (χ0n) is 24.4. The number of benzene rings is 2. The highest BCUT2D eigenvalue weighted by Crippen LogP contribution is 2.42. The number of aromatic nitrogens is 3. The van der Waals surface area contributed by atoms with Crippen LogP contribution in [0.1, 0.15) is 31.7 Å². The molecule has 44 heavy (non-hydrogen) atoms. The maximum Gasteiger partial charge on any atom is 0.319 e. The number of fused-ring (bicyclic) bond motifs is 3. The van der Waals surface area contributed by atoms with Crippen LogP contribution in [-0.4, -0.2) is 88.7 Å². The van der Waals surface area contributed by atoms with Gasteiger partial charge in [0.05, 0.1) is 17.0 Å². The van der Waals surface area contributed by atoms with Crippen molar-refractivity contribution in [2.75, 3.05) is 50.9 Å². The number of ether oxygens (including phenoxy) is 1. The minimum atomic E-state index is -0.938. The molecule has 2 aromatic carbocycles. The molecule has 12 heteroatoms. The minimum Gasteiger partial charge on any atom is -0.508 e. The van der Waals surface area contributed by atoms with E-state index in [1.807, 2.05) is 4.90 Å². The summed E-state index contributed by atoms with van der Waals surface area (Å²) < 4.78 is 65.8. The highest BCUT2D eigenvalue weighted by Gasteiger charge is 2.49. The molecule has 3 atom stereocenters. The molecule has 7 rings (SSSR count). The van der Waals surface area contributed by atoms with Crippen LogP contribution in [0.5, 0.6) is 11.8 Å². The van der Waals surface area contributed by atoms with Crippen molar-refractivity contribution >= 4 is 27.5 Å². The first-order chi connectivity index (χ1) is 21.3. The molecular formula is C32H34F4N6O2. The first kappa shape index (κ1) is 29.0. The van der Waals surface area contributed by atoms with Crippen molar-refractivity contribution in [3.63, 3.8) is 0 Å². The molecule has 3 saturated heterocycles. The fourth-order valence-corrected chi connectivity index (χ4v) is 7.32. The van der Waals surface area contributed by atoms with E-state index in [4.69, 9.17) is 4.74 Å². The summed E-state index contributed by atoms with van der Waals surface area (Å²) in [5.41, 5.74) is -0.0134. The van der Waals surface area contributed by atoms with E-state index < -0.39 is 36.1 Å². The van der Waals surface area contributed by atoms with Crippen LogP contribution in [0.3, 0.4) is 0 Å². The van der Waals surface area contributed by atoms with E-state index in [0.717, 1.165) is 19.4 Å². The molecule has 0 radical (unpaired) electrons. The van der Waals surface area contributed by atoms with Crippen LogP contribution in [0, 0.1) is 11.6 Å². The van der Waals surface area contributed by atoms with E-state index >= 15 is 4.39 Å². The van der Waals surface area contributed by atoms with Crippen molar-refractivity contribution in [1.82, 2.24) is 25.2 Å². The van der Waals surface area contributed by atoms with Crippen molar-refractivity contribution in [3.05, 3.63) is 47.7 Å². The van der Waals surface area contributed by atoms with Crippen LogP contribution < -0.4 is 15.0 Å². The van der Waals surface area contributed by atoms with Gasteiger partial charge in [0.1, 0.15) is 48.0 Å². The summed E-state index contributed by atoms with van der Waals surface area (Å²) in [6, 6.07) is 5.26. The Labute approximate surface area is 252 Å². The second-order valence-electron chi connectivity index (χ2n) is 12.1. The number of phenolic OH excluding ortho intramolecular Hbond substituents is 1. The fraction of sp³-hybridized carbons (Fsp3) is 0.469. The van der Waals surface area contributed by atoms with Crippen molar-refractivity contribution in [2.24, 2.45) is 0 Å². The molecule has 8 nitrogen and oxygen atoms in total. The van der Waals surface area contributed by atoms with E-state index in [9.17, 15) is 18.3 Å². The van der Waals surface area contributed by atoms with Gasteiger partial charge in [0, 0.05) is 44.4 Å². The van der Waals surface area contributed by atoms with Crippen LogP contribution in [0.4, 0.5) is 23.4 Å². The van der Waals surface area contributed by atoms with E-state index in [1.54, 1.807) is 13.0 Å². The molecule has 0 spiro atoms. The molecule has 232 valence electrons. The summed E-state index contributed by atoms with van der Waals surface area (Å²) in [6.07, 6.45) is 2.94. The highest BCUT2D eigenvalue weighted by molar-refractivity contribution is 6.01. The maximum atomic E-state index is 16.7. The quantitative estimate of drug-likeness (QED) is 0.280. The number of aromatic hydroxyl groups is 1. The van der Waals surface area contributed by atoms with Gasteiger partial charge in [-0.05, 0) is 60.3 Å². The summed E-state index contributed by atoms with van der Waals surface area (Å²) in [5.74, 6) is -0.968. The van der Waals surface area contributed by atoms with Crippen molar-refractivity contribution in [3.8, 4) is 23.0 Å². The van der Waals surface area contributed by atoms with E-state index in [0.29, 0.717) is 66.6 Å². The van der Waals surface area contributed by atoms with E-state index in [2.05, 4.69) is 25.2 Å². The van der Waals surface area contributed by atoms with Crippen LogP contribution >= 0.6 is 0 Å². The second-order valence-corrected chi connectivity index (χ2v) is 12.1. The monoisotopic (exact) mass is 610 g/mol. The van der Waals surface area contributed by atoms with Crippen LogP contribution in [0.2, 0.25) is 0 Å². The number of nitrogens with zero attached hydrogens (tertiary/aromatic N) is 5. The van der Waals surface area contributed by atoms with Crippen molar-refractivity contribution in [1.29, 1.82) is 0 Å². The zero-order chi connectivity index (χ0) is 30.6. The number of pyridine rings is 1. The SMILES string of the molecule is CCc1c(F)ccc2cc(O)cc(-c3ncc4c(N5CCNC(CF)C5)nc(OC[C@@]56CCCN5C[C@H](F)C6)nc4c3F)c12. The zero-order valence-corrected chi connectivity index (χ0v) is 24.4. The number of halogens is 4. The third kappa shape index (κ3) is 4.88. The Balaban J connectivity index is 1.37. The number of aryl methyl sites for hydroxylation is 1. The van der Waals surface area contributed by atoms with Gasteiger partial charge in [0.15, 0.2) is 5.82 Å². The van der Waals surface area contributed by atoms with Crippen molar-refractivity contribution in [2.45, 2.75) is 50.4 Å². The van der Waals surface area contributed by atoms with Gasteiger partial charge in [-0.3, -0.25) is 9.88 Å². The molecule has 1 unspecified atom stereocenters. The Kier molecular flexibility index (Phi) is 7.44. The van der Waals surface area contributed by atoms with E-state index in [1.165, 1.54) is 24.4 Å². The second kappa shape index (κ2) is 11.3. The van der Waals surface area contributed by atoms with Gasteiger partial charge in [-0.1, -0.05) is 13.0 Å². The number of piperazine rings is 1. The Morgan fingerprint density at radius 1 is 1.16 bits per heavy atom.